The molecule has 4 aromatic rings. The van der Waals surface area contributed by atoms with Crippen molar-refractivity contribution in [3.8, 4) is 17.1 Å². The first kappa shape index (κ1) is 24.2. The van der Waals surface area contributed by atoms with Gasteiger partial charge >= 0.3 is 0 Å². The second-order valence-electron chi connectivity index (χ2n) is 8.47. The van der Waals surface area contributed by atoms with Crippen LogP contribution in [0.2, 0.25) is 0 Å². The molecule has 0 saturated carbocycles. The minimum Gasteiger partial charge on any atom is -0.508 e. The smallest absolute Gasteiger partial charge is 0.254 e. The number of phenolic OH excluding ortho intramolecular Hbond substituents is 1. The minimum absolute atomic E-state index is 0.0258. The number of carbonyl (C=O) groups excluding carboxylic acids is 1. The van der Waals surface area contributed by atoms with Crippen molar-refractivity contribution in [1.82, 2.24) is 24.6 Å². The fraction of sp³-hybridized carbons (Fsp3) is 0.308. The van der Waals surface area contributed by atoms with Gasteiger partial charge in [0.15, 0.2) is 0 Å². The third kappa shape index (κ3) is 4.95. The number of nitrogens with one attached hydrogen (secondary N) is 1. The number of amides is 1. The molecule has 9 heteroatoms. The lowest BCUT2D eigenvalue weighted by Gasteiger charge is -2.19. The van der Waals surface area contributed by atoms with Crippen molar-refractivity contribution in [2.24, 2.45) is 0 Å². The summed E-state index contributed by atoms with van der Waals surface area (Å²) in [6.07, 6.45) is 1.80. The van der Waals surface area contributed by atoms with Crippen LogP contribution in [0.4, 0.5) is 5.69 Å². The van der Waals surface area contributed by atoms with Crippen LogP contribution in [0.25, 0.3) is 22.3 Å². The van der Waals surface area contributed by atoms with E-state index in [-0.39, 0.29) is 18.3 Å². The third-order valence-electron chi connectivity index (χ3n) is 6.06. The van der Waals surface area contributed by atoms with Gasteiger partial charge in [-0.2, -0.15) is 5.10 Å². The Hall–Kier alpha value is -3.98. The second kappa shape index (κ2) is 10.1. The number of pyridine rings is 2. The number of phenols is 1. The van der Waals surface area contributed by atoms with Crippen LogP contribution in [-0.2, 0) is 13.1 Å². The van der Waals surface area contributed by atoms with Crippen LogP contribution in [0.3, 0.4) is 0 Å². The monoisotopic (exact) mass is 474 g/mol. The molecule has 0 saturated heterocycles. The van der Waals surface area contributed by atoms with Gasteiger partial charge in [-0.3, -0.25) is 9.48 Å². The lowest BCUT2D eigenvalue weighted by atomic mass is 10.0. The maximum atomic E-state index is 13.6. The summed E-state index contributed by atoms with van der Waals surface area (Å²) in [4.78, 5) is 24.6. The predicted octanol–water partition coefficient (Wildman–Crippen LogP) is 3.51. The third-order valence-corrected chi connectivity index (χ3v) is 6.06. The molecule has 4 rings (SSSR count). The van der Waals surface area contributed by atoms with Crippen molar-refractivity contribution in [1.29, 1.82) is 0 Å². The zero-order valence-electron chi connectivity index (χ0n) is 20.4. The van der Waals surface area contributed by atoms with E-state index in [0.717, 1.165) is 29.2 Å². The highest BCUT2D eigenvalue weighted by atomic mass is 16.3. The SMILES string of the molecule is CCn1ncc(CN(C)C(=O)c2cc(-c3ccc(NCCO)c(C)n3)nc3ccc(O)cc23)c1C. The standard InChI is InChI=1S/C26H30N6O3/c1-5-32-17(3)18(14-28-32)15-31(4)26(35)21-13-25(30-23-7-6-19(34)12-20(21)23)24-9-8-22(16(2)29-24)27-10-11-33/h6-9,12-14,27,33-34H,5,10-11,15H2,1-4H3. The molecule has 1 aromatic carbocycles. The Morgan fingerprint density at radius 1 is 1.11 bits per heavy atom. The molecule has 0 unspecified atom stereocenters. The van der Waals surface area contributed by atoms with Crippen molar-refractivity contribution in [3.05, 3.63) is 65.1 Å². The maximum Gasteiger partial charge on any atom is 0.254 e. The number of aromatic nitrogens is 4. The van der Waals surface area contributed by atoms with Gasteiger partial charge in [0, 0.05) is 43.3 Å². The zero-order valence-corrected chi connectivity index (χ0v) is 20.4. The Morgan fingerprint density at radius 2 is 1.91 bits per heavy atom. The number of carbonyl (C=O) groups is 1. The lowest BCUT2D eigenvalue weighted by Crippen LogP contribution is -2.26. The summed E-state index contributed by atoms with van der Waals surface area (Å²) in [7, 11) is 1.75. The van der Waals surface area contributed by atoms with Gasteiger partial charge in [0.05, 0.1) is 46.7 Å². The lowest BCUT2D eigenvalue weighted by molar-refractivity contribution is 0.0787. The molecule has 0 aliphatic carbocycles. The molecular weight excluding hydrogens is 444 g/mol. The van der Waals surface area contributed by atoms with Gasteiger partial charge in [-0.05, 0) is 57.2 Å². The van der Waals surface area contributed by atoms with Gasteiger partial charge in [-0.25, -0.2) is 9.97 Å². The summed E-state index contributed by atoms with van der Waals surface area (Å²) in [6, 6.07) is 10.3. The number of hydrogen-bond acceptors (Lipinski definition) is 7. The fourth-order valence-electron chi connectivity index (χ4n) is 4.10. The quantitative estimate of drug-likeness (QED) is 0.358. The molecule has 0 fully saturated rings. The number of aryl methyl sites for hydroxylation is 2. The topological polar surface area (TPSA) is 116 Å². The number of anilines is 1. The van der Waals surface area contributed by atoms with Crippen molar-refractivity contribution < 1.29 is 15.0 Å². The normalized spacial score (nSPS) is 11.1. The van der Waals surface area contributed by atoms with Crippen molar-refractivity contribution in [3.63, 3.8) is 0 Å². The van der Waals surface area contributed by atoms with Gasteiger partial charge in [0.25, 0.3) is 5.91 Å². The first-order valence-electron chi connectivity index (χ1n) is 11.6. The van der Waals surface area contributed by atoms with E-state index < -0.39 is 0 Å². The molecule has 3 heterocycles. The van der Waals surface area contributed by atoms with E-state index in [2.05, 4.69) is 15.4 Å². The molecule has 0 radical (unpaired) electrons. The van der Waals surface area contributed by atoms with Gasteiger partial charge in [0.1, 0.15) is 5.75 Å². The van der Waals surface area contributed by atoms with Crippen LogP contribution in [0.15, 0.2) is 42.6 Å². The number of benzene rings is 1. The minimum atomic E-state index is -0.189. The zero-order chi connectivity index (χ0) is 25.1. The van der Waals surface area contributed by atoms with Crippen LogP contribution in [0.5, 0.6) is 5.75 Å². The average molecular weight is 475 g/mol. The van der Waals surface area contributed by atoms with Gasteiger partial charge in [0.2, 0.25) is 0 Å². The number of fused-ring (bicyclic) bond motifs is 1. The number of hydrogen-bond donors (Lipinski definition) is 3. The van der Waals surface area contributed by atoms with E-state index in [9.17, 15) is 9.90 Å². The maximum absolute atomic E-state index is 13.6. The Kier molecular flexibility index (Phi) is 6.97. The molecule has 1 amide bonds. The molecule has 35 heavy (non-hydrogen) atoms. The summed E-state index contributed by atoms with van der Waals surface area (Å²) in [5, 5.41) is 27.2. The number of aromatic hydroxyl groups is 1. The molecule has 9 nitrogen and oxygen atoms in total. The van der Waals surface area contributed by atoms with Crippen LogP contribution in [-0.4, -0.2) is 61.0 Å². The summed E-state index contributed by atoms with van der Waals surface area (Å²) in [6.45, 7) is 7.53. The van der Waals surface area contributed by atoms with E-state index in [4.69, 9.17) is 10.1 Å². The number of aliphatic hydroxyl groups excluding tert-OH is 1. The Morgan fingerprint density at radius 3 is 2.60 bits per heavy atom. The first-order chi connectivity index (χ1) is 16.8. The second-order valence-corrected chi connectivity index (χ2v) is 8.47. The van der Waals surface area contributed by atoms with Gasteiger partial charge in [-0.1, -0.05) is 0 Å². The van der Waals surface area contributed by atoms with E-state index in [1.165, 1.54) is 0 Å². The van der Waals surface area contributed by atoms with Crippen molar-refractivity contribution in [2.45, 2.75) is 33.9 Å². The van der Waals surface area contributed by atoms with Gasteiger partial charge < -0.3 is 20.4 Å². The highest BCUT2D eigenvalue weighted by molar-refractivity contribution is 6.07. The van der Waals surface area contributed by atoms with Crippen LogP contribution in [0, 0.1) is 13.8 Å². The van der Waals surface area contributed by atoms with Crippen molar-refractivity contribution >= 4 is 22.5 Å². The first-order valence-corrected chi connectivity index (χ1v) is 11.6. The predicted molar refractivity (Wildman–Crippen MR) is 135 cm³/mol. The van der Waals surface area contributed by atoms with E-state index >= 15 is 0 Å². The van der Waals surface area contributed by atoms with Crippen molar-refractivity contribution in [2.75, 3.05) is 25.5 Å². The molecule has 3 N–H and O–H groups in total. The van der Waals surface area contributed by atoms with Crippen LogP contribution >= 0.6 is 0 Å². The number of aliphatic hydroxyl groups is 1. The highest BCUT2D eigenvalue weighted by Crippen LogP contribution is 2.29. The Bertz CT molecular complexity index is 1380. The summed E-state index contributed by atoms with van der Waals surface area (Å²) >= 11 is 0. The molecule has 182 valence electrons. The average Bonchev–Trinajstić information content (AvgIpc) is 3.21. The molecule has 0 bridgehead atoms. The molecule has 0 atom stereocenters. The molecule has 0 spiro atoms. The molecular formula is C26H30N6O3. The largest absolute Gasteiger partial charge is 0.508 e. The Labute approximate surface area is 204 Å². The van der Waals surface area contributed by atoms with Crippen LogP contribution < -0.4 is 5.32 Å². The summed E-state index contributed by atoms with van der Waals surface area (Å²) < 4.78 is 1.90. The Balaban J connectivity index is 1.73. The summed E-state index contributed by atoms with van der Waals surface area (Å²) in [5.74, 6) is -0.122. The molecule has 3 aromatic heterocycles. The van der Waals surface area contributed by atoms with Gasteiger partial charge in [-0.15, -0.1) is 0 Å². The molecule has 0 aliphatic rings. The van der Waals surface area contributed by atoms with Crippen LogP contribution in [0.1, 0.15) is 34.2 Å². The number of nitrogens with zero attached hydrogens (tertiary/aromatic N) is 5. The fourth-order valence-corrected chi connectivity index (χ4v) is 4.10. The van der Waals surface area contributed by atoms with E-state index in [1.54, 1.807) is 42.4 Å². The summed E-state index contributed by atoms with van der Waals surface area (Å²) in [5.41, 5.74) is 5.81. The van der Waals surface area contributed by atoms with E-state index in [0.29, 0.717) is 40.9 Å². The highest BCUT2D eigenvalue weighted by Gasteiger charge is 2.20. The molecule has 0 aliphatic heterocycles. The number of rotatable bonds is 8. The van der Waals surface area contributed by atoms with E-state index in [1.807, 2.05) is 37.6 Å².